The van der Waals surface area contributed by atoms with Crippen LogP contribution >= 0.6 is 0 Å². The largest absolute Gasteiger partial charge is 0.457 e. The van der Waals surface area contributed by atoms with Gasteiger partial charge in [-0.1, -0.05) is 6.92 Å². The number of Topliss-reactive ketones (excluding diaryl/α,β-unsaturated/α-hetero) is 1. The van der Waals surface area contributed by atoms with Crippen LogP contribution in [0.25, 0.3) is 0 Å². The van der Waals surface area contributed by atoms with Crippen molar-refractivity contribution < 1.29 is 28.7 Å². The molecule has 0 bridgehead atoms. The highest BCUT2D eigenvalue weighted by molar-refractivity contribution is 5.98. The molecule has 8 nitrogen and oxygen atoms in total. The van der Waals surface area contributed by atoms with Gasteiger partial charge in [0.05, 0.1) is 0 Å². The van der Waals surface area contributed by atoms with E-state index in [-0.39, 0.29) is 31.3 Å². The molecule has 0 fully saturated rings. The Labute approximate surface area is 165 Å². The molecule has 0 saturated carbocycles. The smallest absolute Gasteiger partial charge is 0.407 e. The summed E-state index contributed by atoms with van der Waals surface area (Å²) in [4.78, 5) is 46.5. The predicted octanol–water partition coefficient (Wildman–Crippen LogP) is 3.07. The molecule has 2 N–H and O–H groups in total. The van der Waals surface area contributed by atoms with Crippen molar-refractivity contribution in [1.29, 1.82) is 0 Å². The number of ether oxygens (including phenoxy) is 2. The van der Waals surface area contributed by atoms with Crippen molar-refractivity contribution in [3.05, 3.63) is 29.8 Å². The summed E-state index contributed by atoms with van der Waals surface area (Å²) in [5.74, 6) is -0.978. The molecule has 0 spiro atoms. The maximum absolute atomic E-state index is 12.1. The Bertz CT molecular complexity index is 692. The quantitative estimate of drug-likeness (QED) is 0.380. The zero-order chi connectivity index (χ0) is 21.2. The van der Waals surface area contributed by atoms with Crippen LogP contribution in [0.4, 0.5) is 10.5 Å². The first kappa shape index (κ1) is 23.1. The summed E-state index contributed by atoms with van der Waals surface area (Å²) in [5, 5.41) is 5.22. The Morgan fingerprint density at radius 1 is 1.04 bits per heavy atom. The molecular weight excluding hydrogens is 364 g/mol. The van der Waals surface area contributed by atoms with E-state index in [4.69, 9.17) is 9.47 Å². The van der Waals surface area contributed by atoms with Crippen molar-refractivity contribution in [2.45, 2.75) is 52.6 Å². The molecule has 0 aromatic heterocycles. The van der Waals surface area contributed by atoms with E-state index in [0.29, 0.717) is 24.1 Å². The molecule has 0 unspecified atom stereocenters. The third-order valence-corrected chi connectivity index (χ3v) is 3.40. The molecule has 0 atom stereocenters. The van der Waals surface area contributed by atoms with Gasteiger partial charge in [0.15, 0.2) is 12.4 Å². The molecule has 0 radical (unpaired) electrons. The minimum Gasteiger partial charge on any atom is -0.457 e. The number of ketones is 1. The molecule has 1 aromatic carbocycles. The first-order valence-electron chi connectivity index (χ1n) is 9.16. The first-order valence-corrected chi connectivity index (χ1v) is 9.16. The van der Waals surface area contributed by atoms with E-state index in [1.54, 1.807) is 52.0 Å². The molecule has 0 saturated heterocycles. The number of carbonyl (C=O) groups is 4. The van der Waals surface area contributed by atoms with Crippen LogP contribution in [0, 0.1) is 0 Å². The summed E-state index contributed by atoms with van der Waals surface area (Å²) < 4.78 is 10.0. The number of anilines is 1. The van der Waals surface area contributed by atoms with Gasteiger partial charge in [0.1, 0.15) is 5.60 Å². The lowest BCUT2D eigenvalue weighted by molar-refractivity contribution is -0.142. The highest BCUT2D eigenvalue weighted by atomic mass is 16.6. The van der Waals surface area contributed by atoms with Gasteiger partial charge in [-0.15, -0.1) is 0 Å². The van der Waals surface area contributed by atoms with E-state index >= 15 is 0 Å². The zero-order valence-electron chi connectivity index (χ0n) is 16.8. The summed E-state index contributed by atoms with van der Waals surface area (Å²) in [5.41, 5.74) is 0.398. The van der Waals surface area contributed by atoms with Crippen LogP contribution in [-0.4, -0.2) is 42.5 Å². The number of benzene rings is 1. The lowest BCUT2D eigenvalue weighted by atomic mass is 10.1. The van der Waals surface area contributed by atoms with Crippen LogP contribution in [0.5, 0.6) is 0 Å². The number of amides is 2. The van der Waals surface area contributed by atoms with E-state index in [9.17, 15) is 19.2 Å². The topological polar surface area (TPSA) is 111 Å². The standard InChI is InChI=1S/C20H28N2O6/c1-5-17(24)22-15-10-8-14(9-11-15)16(23)13-27-18(25)7-6-12-21-19(26)28-20(2,3)4/h8-11H,5-7,12-13H2,1-4H3,(H,21,26)(H,22,24). The molecule has 2 amide bonds. The number of nitrogens with one attached hydrogen (secondary N) is 2. The number of rotatable bonds is 9. The second-order valence-electron chi connectivity index (χ2n) is 7.10. The Morgan fingerprint density at radius 2 is 1.68 bits per heavy atom. The molecule has 0 heterocycles. The number of hydrogen-bond donors (Lipinski definition) is 2. The average Bonchev–Trinajstić information content (AvgIpc) is 2.62. The molecule has 154 valence electrons. The highest BCUT2D eigenvalue weighted by Crippen LogP contribution is 2.11. The van der Waals surface area contributed by atoms with E-state index in [1.165, 1.54) is 0 Å². The SMILES string of the molecule is CCC(=O)Nc1ccc(C(=O)COC(=O)CCCNC(=O)OC(C)(C)C)cc1. The number of alkyl carbamates (subject to hydrolysis) is 1. The van der Waals surface area contributed by atoms with Crippen LogP contribution < -0.4 is 10.6 Å². The maximum atomic E-state index is 12.1. The van der Waals surface area contributed by atoms with Crippen LogP contribution in [-0.2, 0) is 19.1 Å². The molecule has 0 aliphatic rings. The number of esters is 1. The summed E-state index contributed by atoms with van der Waals surface area (Å²) in [6, 6.07) is 6.36. The molecule has 8 heteroatoms. The molecule has 1 rings (SSSR count). The van der Waals surface area contributed by atoms with Gasteiger partial charge >= 0.3 is 12.1 Å². The van der Waals surface area contributed by atoms with Crippen molar-refractivity contribution >= 4 is 29.4 Å². The van der Waals surface area contributed by atoms with Gasteiger partial charge < -0.3 is 20.1 Å². The minimum atomic E-state index is -0.580. The first-order chi connectivity index (χ1) is 13.1. The van der Waals surface area contributed by atoms with Crippen molar-refractivity contribution in [1.82, 2.24) is 5.32 Å². The predicted molar refractivity (Wildman–Crippen MR) is 104 cm³/mol. The number of carbonyl (C=O) groups excluding carboxylic acids is 4. The summed E-state index contributed by atoms with van der Waals surface area (Å²) >= 11 is 0. The minimum absolute atomic E-state index is 0.0745. The van der Waals surface area contributed by atoms with Gasteiger partial charge in [0, 0.05) is 30.6 Å². The molecule has 1 aromatic rings. The fourth-order valence-corrected chi connectivity index (χ4v) is 2.03. The Kier molecular flexibility index (Phi) is 9.14. The van der Waals surface area contributed by atoms with Gasteiger partial charge in [-0.05, 0) is 51.5 Å². The summed E-state index contributed by atoms with van der Waals surface area (Å²) in [6.07, 6.45) is 0.266. The van der Waals surface area contributed by atoms with Gasteiger partial charge in [0.25, 0.3) is 0 Å². The Hall–Kier alpha value is -2.90. The Morgan fingerprint density at radius 3 is 2.25 bits per heavy atom. The van der Waals surface area contributed by atoms with Gasteiger partial charge in [-0.3, -0.25) is 14.4 Å². The van der Waals surface area contributed by atoms with Crippen LogP contribution in [0.3, 0.4) is 0 Å². The van der Waals surface area contributed by atoms with E-state index in [0.717, 1.165) is 0 Å². The third kappa shape index (κ3) is 9.70. The van der Waals surface area contributed by atoms with E-state index in [1.807, 2.05) is 0 Å². The van der Waals surface area contributed by atoms with Crippen molar-refractivity contribution in [3.8, 4) is 0 Å². The summed E-state index contributed by atoms with van der Waals surface area (Å²) in [7, 11) is 0. The van der Waals surface area contributed by atoms with Crippen molar-refractivity contribution in [3.63, 3.8) is 0 Å². The summed E-state index contributed by atoms with van der Waals surface area (Å²) in [6.45, 7) is 6.93. The van der Waals surface area contributed by atoms with Crippen molar-refractivity contribution in [2.24, 2.45) is 0 Å². The van der Waals surface area contributed by atoms with Gasteiger partial charge in [0.2, 0.25) is 5.91 Å². The van der Waals surface area contributed by atoms with E-state index < -0.39 is 17.7 Å². The lowest BCUT2D eigenvalue weighted by Gasteiger charge is -2.19. The maximum Gasteiger partial charge on any atom is 0.407 e. The molecular formula is C20H28N2O6. The molecule has 28 heavy (non-hydrogen) atoms. The van der Waals surface area contributed by atoms with Gasteiger partial charge in [-0.2, -0.15) is 0 Å². The monoisotopic (exact) mass is 392 g/mol. The zero-order valence-corrected chi connectivity index (χ0v) is 16.8. The number of hydrogen-bond acceptors (Lipinski definition) is 6. The second-order valence-corrected chi connectivity index (χ2v) is 7.10. The average molecular weight is 392 g/mol. The molecule has 0 aliphatic heterocycles. The third-order valence-electron chi connectivity index (χ3n) is 3.40. The highest BCUT2D eigenvalue weighted by Gasteiger charge is 2.16. The van der Waals surface area contributed by atoms with E-state index in [2.05, 4.69) is 10.6 Å². The molecule has 0 aliphatic carbocycles. The fraction of sp³-hybridized carbons (Fsp3) is 0.500. The fourth-order valence-electron chi connectivity index (χ4n) is 2.03. The van der Waals surface area contributed by atoms with Crippen LogP contribution in [0.15, 0.2) is 24.3 Å². The normalized spacial score (nSPS) is 10.7. The van der Waals surface area contributed by atoms with Crippen molar-refractivity contribution in [2.75, 3.05) is 18.5 Å². The Balaban J connectivity index is 2.28. The second kappa shape index (κ2) is 11.1. The van der Waals surface area contributed by atoms with Gasteiger partial charge in [-0.25, -0.2) is 4.79 Å². The van der Waals surface area contributed by atoms with Crippen LogP contribution in [0.2, 0.25) is 0 Å². The lowest BCUT2D eigenvalue weighted by Crippen LogP contribution is -2.33. The van der Waals surface area contributed by atoms with Crippen LogP contribution in [0.1, 0.15) is 57.3 Å².